The molecule has 0 radical (unpaired) electrons. The molecule has 176 valence electrons. The molecule has 1 amide bonds. The molecule has 33 heavy (non-hydrogen) atoms. The van der Waals surface area contributed by atoms with Crippen molar-refractivity contribution in [1.82, 2.24) is 9.88 Å². The van der Waals surface area contributed by atoms with Crippen molar-refractivity contribution in [3.63, 3.8) is 0 Å². The number of carbonyl (C=O) groups excluding carboxylic acids is 1. The number of alkyl halides is 4. The highest BCUT2D eigenvalue weighted by molar-refractivity contribution is 6.30. The van der Waals surface area contributed by atoms with Gasteiger partial charge in [0.25, 0.3) is 5.60 Å². The largest absolute Gasteiger partial charge is 0.435 e. The summed E-state index contributed by atoms with van der Waals surface area (Å²) in [7, 11) is 0. The lowest BCUT2D eigenvalue weighted by atomic mass is 9.86. The third-order valence-corrected chi connectivity index (χ3v) is 5.98. The van der Waals surface area contributed by atoms with Crippen molar-refractivity contribution in [2.45, 2.75) is 37.7 Å². The summed E-state index contributed by atoms with van der Waals surface area (Å²) in [5.74, 6) is -1.37. The number of amides is 1. The number of carbonyl (C=O) groups is 1. The van der Waals surface area contributed by atoms with Crippen LogP contribution in [0.3, 0.4) is 0 Å². The molecule has 0 aliphatic carbocycles. The zero-order valence-electron chi connectivity index (χ0n) is 17.6. The second-order valence-corrected chi connectivity index (χ2v) is 8.97. The zero-order valence-corrected chi connectivity index (χ0v) is 18.3. The van der Waals surface area contributed by atoms with Crippen molar-refractivity contribution in [1.29, 1.82) is 0 Å². The molecule has 2 aliphatic heterocycles. The van der Waals surface area contributed by atoms with Gasteiger partial charge in [-0.25, -0.2) is 8.78 Å². The topological polar surface area (TPSA) is 54.8 Å². The summed E-state index contributed by atoms with van der Waals surface area (Å²) >= 11 is 5.75. The Hall–Kier alpha value is -2.75. The van der Waals surface area contributed by atoms with Crippen molar-refractivity contribution in [2.24, 2.45) is 11.1 Å². The maximum absolute atomic E-state index is 15.1. The molecule has 1 aromatic heterocycles. The van der Waals surface area contributed by atoms with E-state index in [1.807, 2.05) is 0 Å². The molecular weight excluding hydrogens is 469 g/mol. The second kappa shape index (κ2) is 7.93. The number of aromatic nitrogens is 1. The first-order valence-corrected chi connectivity index (χ1v) is 10.5. The average Bonchev–Trinajstić information content (AvgIpc) is 3.17. The normalized spacial score (nSPS) is 22.1. The number of rotatable bonds is 4. The quantitative estimate of drug-likeness (QED) is 0.563. The maximum atomic E-state index is 15.1. The Morgan fingerprint density at radius 3 is 2.45 bits per heavy atom. The molecule has 1 saturated heterocycles. The third-order valence-electron chi connectivity index (χ3n) is 5.76. The Kier molecular flexibility index (Phi) is 5.63. The van der Waals surface area contributed by atoms with Crippen LogP contribution in [0.5, 0.6) is 0 Å². The van der Waals surface area contributed by atoms with Crippen molar-refractivity contribution in [2.75, 3.05) is 13.1 Å². The van der Waals surface area contributed by atoms with E-state index in [4.69, 9.17) is 16.4 Å². The van der Waals surface area contributed by atoms with E-state index < -0.39 is 35.2 Å². The van der Waals surface area contributed by atoms with E-state index in [9.17, 15) is 22.4 Å². The van der Waals surface area contributed by atoms with Crippen LogP contribution in [-0.4, -0.2) is 40.8 Å². The van der Waals surface area contributed by atoms with Crippen LogP contribution >= 0.6 is 11.6 Å². The van der Waals surface area contributed by atoms with Crippen LogP contribution in [0.2, 0.25) is 5.02 Å². The summed E-state index contributed by atoms with van der Waals surface area (Å²) in [5.41, 5.74) is -5.08. The molecule has 1 unspecified atom stereocenters. The predicted molar refractivity (Wildman–Crippen MR) is 110 cm³/mol. The van der Waals surface area contributed by atoms with E-state index in [1.165, 1.54) is 23.2 Å². The second-order valence-electron chi connectivity index (χ2n) is 8.54. The van der Waals surface area contributed by atoms with Gasteiger partial charge in [0, 0.05) is 28.3 Å². The van der Waals surface area contributed by atoms with Gasteiger partial charge < -0.3 is 9.74 Å². The standard InChI is InChI=1S/C22H19ClF5N3O2/c1-12(2)19(32)31-10-20(25,11-31)18-4-3-13(9-29-18)17-8-21(33-30-17,22(26,27)28)14-5-15(23)7-16(24)6-14/h3-7,9,12H,8,10-11H2,1-2H3. The molecular formula is C22H19ClF5N3O2. The summed E-state index contributed by atoms with van der Waals surface area (Å²) in [5, 5.41) is 3.37. The number of hydrogen-bond acceptors (Lipinski definition) is 4. The first-order chi connectivity index (χ1) is 15.3. The summed E-state index contributed by atoms with van der Waals surface area (Å²) < 4.78 is 70.9. The molecule has 4 rings (SSSR count). The van der Waals surface area contributed by atoms with Crippen molar-refractivity contribution < 1.29 is 31.6 Å². The number of halogens is 6. The minimum Gasteiger partial charge on any atom is -0.374 e. The van der Waals surface area contributed by atoms with Crippen LogP contribution in [0.1, 0.15) is 37.1 Å². The number of nitrogens with zero attached hydrogens (tertiary/aromatic N) is 3. The van der Waals surface area contributed by atoms with E-state index in [-0.39, 0.29) is 46.9 Å². The Balaban J connectivity index is 1.55. The Labute approximate surface area is 191 Å². The van der Waals surface area contributed by atoms with Crippen LogP contribution in [0.4, 0.5) is 22.0 Å². The monoisotopic (exact) mass is 487 g/mol. The minimum absolute atomic E-state index is 0.0672. The molecule has 2 aromatic rings. The van der Waals surface area contributed by atoms with Crippen LogP contribution in [0.15, 0.2) is 41.7 Å². The van der Waals surface area contributed by atoms with E-state index in [0.717, 1.165) is 12.1 Å². The SMILES string of the molecule is CC(C)C(=O)N1CC(F)(c2ccc(C3=NOC(c4cc(F)cc(Cl)c4)(C(F)(F)F)C3)cn2)C1. The molecule has 1 aromatic carbocycles. The van der Waals surface area contributed by atoms with Gasteiger partial charge in [-0.3, -0.25) is 9.78 Å². The number of pyridine rings is 1. The Morgan fingerprint density at radius 1 is 1.21 bits per heavy atom. The number of hydrogen-bond donors (Lipinski definition) is 0. The van der Waals surface area contributed by atoms with Gasteiger partial charge in [0.1, 0.15) is 5.82 Å². The minimum atomic E-state index is -4.93. The highest BCUT2D eigenvalue weighted by atomic mass is 35.5. The molecule has 11 heteroatoms. The first-order valence-electron chi connectivity index (χ1n) is 10.1. The highest BCUT2D eigenvalue weighted by Crippen LogP contribution is 2.49. The van der Waals surface area contributed by atoms with E-state index in [2.05, 4.69) is 10.1 Å². The van der Waals surface area contributed by atoms with Crippen molar-refractivity contribution in [3.05, 3.63) is 64.2 Å². The summed E-state index contributed by atoms with van der Waals surface area (Å²) in [4.78, 5) is 22.3. The molecule has 1 atom stereocenters. The fourth-order valence-corrected chi connectivity index (χ4v) is 4.14. The van der Waals surface area contributed by atoms with Gasteiger partial charge in [-0.1, -0.05) is 30.6 Å². The van der Waals surface area contributed by atoms with E-state index in [1.54, 1.807) is 13.8 Å². The average molecular weight is 488 g/mol. The number of likely N-dealkylation sites (tertiary alicyclic amines) is 1. The lowest BCUT2D eigenvalue weighted by Gasteiger charge is -2.44. The first kappa shape index (κ1) is 23.4. The lowest BCUT2D eigenvalue weighted by molar-refractivity contribution is -0.275. The summed E-state index contributed by atoms with van der Waals surface area (Å²) in [6.45, 7) is 3.16. The van der Waals surface area contributed by atoms with Crippen molar-refractivity contribution >= 4 is 23.2 Å². The van der Waals surface area contributed by atoms with Gasteiger partial charge in [-0.2, -0.15) is 13.2 Å². The van der Waals surface area contributed by atoms with Crippen LogP contribution in [0, 0.1) is 11.7 Å². The fraction of sp³-hybridized carbons (Fsp3) is 0.409. The van der Waals surface area contributed by atoms with Gasteiger partial charge in [0.05, 0.1) is 30.9 Å². The molecule has 0 N–H and O–H groups in total. The lowest BCUT2D eigenvalue weighted by Crippen LogP contribution is -2.60. The molecule has 5 nitrogen and oxygen atoms in total. The molecule has 0 bridgehead atoms. The van der Waals surface area contributed by atoms with E-state index >= 15 is 4.39 Å². The van der Waals surface area contributed by atoms with Gasteiger partial charge in [0.2, 0.25) is 5.91 Å². The maximum Gasteiger partial charge on any atom is 0.435 e. The fourth-order valence-electron chi connectivity index (χ4n) is 3.92. The van der Waals surface area contributed by atoms with Crippen LogP contribution < -0.4 is 0 Å². The zero-order chi connectivity index (χ0) is 24.2. The molecule has 1 fully saturated rings. The van der Waals surface area contributed by atoms with Crippen molar-refractivity contribution in [3.8, 4) is 0 Å². The molecule has 0 saturated carbocycles. The third kappa shape index (κ3) is 4.05. The number of oxime groups is 1. The molecule has 0 spiro atoms. The van der Waals surface area contributed by atoms with Gasteiger partial charge in [0.15, 0.2) is 5.67 Å². The van der Waals surface area contributed by atoms with Gasteiger partial charge in [-0.05, 0) is 30.3 Å². The van der Waals surface area contributed by atoms with Crippen LogP contribution in [-0.2, 0) is 20.9 Å². The summed E-state index contributed by atoms with van der Waals surface area (Å²) in [6.07, 6.45) is -4.46. The van der Waals surface area contributed by atoms with Gasteiger partial charge >= 0.3 is 6.18 Å². The van der Waals surface area contributed by atoms with Crippen LogP contribution in [0.25, 0.3) is 0 Å². The number of benzene rings is 1. The Morgan fingerprint density at radius 2 is 1.91 bits per heavy atom. The predicted octanol–water partition coefficient (Wildman–Crippen LogP) is 5.12. The highest BCUT2D eigenvalue weighted by Gasteiger charge is 2.62. The van der Waals surface area contributed by atoms with Gasteiger partial charge in [-0.15, -0.1) is 0 Å². The Bertz CT molecular complexity index is 1090. The molecule has 3 heterocycles. The smallest absolute Gasteiger partial charge is 0.374 e. The van der Waals surface area contributed by atoms with E-state index in [0.29, 0.717) is 6.07 Å². The molecule has 2 aliphatic rings. The summed E-state index contributed by atoms with van der Waals surface area (Å²) in [6, 6.07) is 5.31.